The highest BCUT2D eigenvalue weighted by Gasteiger charge is 2.31. The first kappa shape index (κ1) is 24.3. The van der Waals surface area contributed by atoms with Gasteiger partial charge in [0.25, 0.3) is 5.91 Å². The molecule has 1 saturated heterocycles. The van der Waals surface area contributed by atoms with E-state index in [2.05, 4.69) is 14.9 Å². The first-order chi connectivity index (χ1) is 14.3. The lowest BCUT2D eigenvalue weighted by Crippen LogP contribution is -2.43. The van der Waals surface area contributed by atoms with Crippen LogP contribution in [0.2, 0.25) is 0 Å². The molecule has 0 aromatic heterocycles. The van der Waals surface area contributed by atoms with E-state index in [4.69, 9.17) is 4.74 Å². The van der Waals surface area contributed by atoms with Gasteiger partial charge in [-0.3, -0.25) is 14.5 Å². The van der Waals surface area contributed by atoms with E-state index >= 15 is 0 Å². The summed E-state index contributed by atoms with van der Waals surface area (Å²) in [7, 11) is 1.41. The number of carbonyl (C=O) groups excluding carboxylic acids is 2. The van der Waals surface area contributed by atoms with Gasteiger partial charge in [0.05, 0.1) is 17.5 Å². The van der Waals surface area contributed by atoms with Crippen LogP contribution in [0.15, 0.2) is 29.2 Å². The van der Waals surface area contributed by atoms with Gasteiger partial charge in [0.1, 0.15) is 0 Å². The van der Waals surface area contributed by atoms with Crippen molar-refractivity contribution in [2.24, 2.45) is 0 Å². The number of hydrogen-bond acceptors (Lipinski definition) is 6. The van der Waals surface area contributed by atoms with Crippen LogP contribution in [0.1, 0.15) is 29.6 Å². The number of methoxy groups -OCH3 is 1. The Morgan fingerprint density at radius 3 is 2.53 bits per heavy atom. The molecular formula is C20H32N4O5S. The molecule has 2 N–H and O–H groups in total. The molecule has 0 unspecified atom stereocenters. The Labute approximate surface area is 178 Å². The van der Waals surface area contributed by atoms with Gasteiger partial charge < -0.3 is 15.0 Å². The van der Waals surface area contributed by atoms with Crippen LogP contribution in [0.3, 0.4) is 0 Å². The Hall–Kier alpha value is -2.01. The second-order valence-electron chi connectivity index (χ2n) is 7.45. The normalized spacial score (nSPS) is 17.1. The van der Waals surface area contributed by atoms with Gasteiger partial charge in [0.15, 0.2) is 0 Å². The fourth-order valence-corrected chi connectivity index (χ4v) is 4.42. The number of nitrogens with zero attached hydrogens (tertiary/aromatic N) is 2. The zero-order chi connectivity index (χ0) is 22.1. The zero-order valence-electron chi connectivity index (χ0n) is 17.9. The molecule has 1 heterocycles. The van der Waals surface area contributed by atoms with Gasteiger partial charge in [-0.25, -0.2) is 13.1 Å². The third-order valence-corrected chi connectivity index (χ3v) is 6.50. The number of likely N-dealkylation sites (tertiary alicyclic amines) is 1. The molecule has 1 aliphatic heterocycles. The lowest BCUT2D eigenvalue weighted by atomic mass is 10.2. The minimum atomic E-state index is -3.62. The molecule has 168 valence electrons. The molecule has 2 amide bonds. The molecule has 1 atom stereocenters. The van der Waals surface area contributed by atoms with Crippen LogP contribution in [0.25, 0.3) is 0 Å². The summed E-state index contributed by atoms with van der Waals surface area (Å²) < 4.78 is 31.5. The highest BCUT2D eigenvalue weighted by atomic mass is 32.2. The largest absolute Gasteiger partial charge is 0.383 e. The van der Waals surface area contributed by atoms with E-state index in [0.717, 1.165) is 32.4 Å². The maximum atomic E-state index is 12.3. The smallest absolute Gasteiger partial charge is 0.251 e. The van der Waals surface area contributed by atoms with Crippen molar-refractivity contribution in [3.8, 4) is 0 Å². The number of hydrogen-bond donors (Lipinski definition) is 2. The van der Waals surface area contributed by atoms with Crippen molar-refractivity contribution in [2.45, 2.75) is 30.2 Å². The van der Waals surface area contributed by atoms with Crippen molar-refractivity contribution >= 4 is 21.8 Å². The molecule has 1 aromatic rings. The van der Waals surface area contributed by atoms with Gasteiger partial charge in [0.2, 0.25) is 15.9 Å². The van der Waals surface area contributed by atoms with Crippen molar-refractivity contribution in [2.75, 3.05) is 54.0 Å². The molecular weight excluding hydrogens is 408 g/mol. The number of benzene rings is 1. The van der Waals surface area contributed by atoms with Crippen molar-refractivity contribution < 1.29 is 22.7 Å². The van der Waals surface area contributed by atoms with E-state index in [0.29, 0.717) is 12.1 Å². The summed E-state index contributed by atoms with van der Waals surface area (Å²) in [5.41, 5.74) is 0.396. The van der Waals surface area contributed by atoms with Crippen molar-refractivity contribution in [1.29, 1.82) is 0 Å². The fraction of sp³-hybridized carbons (Fsp3) is 0.600. The van der Waals surface area contributed by atoms with Crippen LogP contribution in [0, 0.1) is 0 Å². The Morgan fingerprint density at radius 2 is 1.90 bits per heavy atom. The summed E-state index contributed by atoms with van der Waals surface area (Å²) in [4.78, 5) is 28.4. The number of likely N-dealkylation sites (N-methyl/N-ethyl adjacent to an activating group) is 1. The Morgan fingerprint density at radius 1 is 1.20 bits per heavy atom. The van der Waals surface area contributed by atoms with Gasteiger partial charge in [-0.2, -0.15) is 0 Å². The summed E-state index contributed by atoms with van der Waals surface area (Å²) in [6.45, 7) is 2.58. The summed E-state index contributed by atoms with van der Waals surface area (Å²) >= 11 is 0. The van der Waals surface area contributed by atoms with Crippen LogP contribution in [-0.2, 0) is 19.6 Å². The predicted molar refractivity (Wildman–Crippen MR) is 114 cm³/mol. The lowest BCUT2D eigenvalue weighted by molar-refractivity contribution is -0.133. The fourth-order valence-electron chi connectivity index (χ4n) is 3.40. The van der Waals surface area contributed by atoms with Crippen molar-refractivity contribution in [3.63, 3.8) is 0 Å². The molecule has 10 heteroatoms. The monoisotopic (exact) mass is 440 g/mol. The van der Waals surface area contributed by atoms with Crippen molar-refractivity contribution in [1.82, 2.24) is 19.8 Å². The van der Waals surface area contributed by atoms with Gasteiger partial charge in [0, 0.05) is 46.4 Å². The average Bonchev–Trinajstić information content (AvgIpc) is 3.19. The van der Waals surface area contributed by atoms with E-state index in [1.807, 2.05) is 0 Å². The molecule has 1 fully saturated rings. The molecule has 9 nitrogen and oxygen atoms in total. The second-order valence-corrected chi connectivity index (χ2v) is 9.22. The molecule has 0 bridgehead atoms. The third kappa shape index (κ3) is 6.76. The van der Waals surface area contributed by atoms with E-state index in [-0.39, 0.29) is 35.9 Å². The number of carbonyl (C=O) groups is 2. The predicted octanol–water partition coefficient (Wildman–Crippen LogP) is 0.284. The van der Waals surface area contributed by atoms with Crippen molar-refractivity contribution in [3.05, 3.63) is 29.8 Å². The SMILES string of the molecule is COCCNS(=O)(=O)c1ccc(C(=O)NCCCN2CCC[C@@H]2C(=O)N(C)C)cc1. The highest BCUT2D eigenvalue weighted by molar-refractivity contribution is 7.89. The quantitative estimate of drug-likeness (QED) is 0.479. The molecule has 1 aliphatic rings. The molecule has 1 aromatic carbocycles. The van der Waals surface area contributed by atoms with Gasteiger partial charge >= 0.3 is 0 Å². The van der Waals surface area contributed by atoms with Crippen LogP contribution in [0.5, 0.6) is 0 Å². The van der Waals surface area contributed by atoms with Crippen LogP contribution < -0.4 is 10.0 Å². The Bertz CT molecular complexity index is 811. The van der Waals surface area contributed by atoms with Crippen LogP contribution in [0.4, 0.5) is 0 Å². The van der Waals surface area contributed by atoms with Crippen LogP contribution >= 0.6 is 0 Å². The van der Waals surface area contributed by atoms with Gasteiger partial charge in [-0.05, 0) is 50.1 Å². The number of rotatable bonds is 11. The van der Waals surface area contributed by atoms with Crippen LogP contribution in [-0.4, -0.2) is 90.1 Å². The first-order valence-electron chi connectivity index (χ1n) is 10.1. The summed E-state index contributed by atoms with van der Waals surface area (Å²) in [6.07, 6.45) is 2.62. The minimum Gasteiger partial charge on any atom is -0.383 e. The Kier molecular flexibility index (Phi) is 9.22. The van der Waals surface area contributed by atoms with E-state index in [1.54, 1.807) is 19.0 Å². The molecule has 30 heavy (non-hydrogen) atoms. The Balaban J connectivity index is 1.79. The number of nitrogens with one attached hydrogen (secondary N) is 2. The van der Waals surface area contributed by atoms with Gasteiger partial charge in [-0.15, -0.1) is 0 Å². The van der Waals surface area contributed by atoms with E-state index in [1.165, 1.54) is 31.4 Å². The summed E-state index contributed by atoms with van der Waals surface area (Å²) in [5.74, 6) is -0.128. The molecule has 0 aliphatic carbocycles. The molecule has 2 rings (SSSR count). The summed E-state index contributed by atoms with van der Waals surface area (Å²) in [6, 6.07) is 5.74. The van der Waals surface area contributed by atoms with E-state index < -0.39 is 10.0 Å². The van der Waals surface area contributed by atoms with Gasteiger partial charge in [-0.1, -0.05) is 0 Å². The second kappa shape index (κ2) is 11.4. The molecule has 0 radical (unpaired) electrons. The van der Waals surface area contributed by atoms with E-state index in [9.17, 15) is 18.0 Å². The zero-order valence-corrected chi connectivity index (χ0v) is 18.7. The minimum absolute atomic E-state index is 0.0670. The first-order valence-corrected chi connectivity index (χ1v) is 11.6. The standard InChI is InChI=1S/C20H32N4O5S/c1-23(2)20(26)18-6-4-13-24(18)14-5-11-21-19(25)16-7-9-17(10-8-16)30(27,28)22-12-15-29-3/h7-10,18,22H,4-6,11-15H2,1-3H3,(H,21,25)/t18-/m1/s1. The highest BCUT2D eigenvalue weighted by Crippen LogP contribution is 2.18. The average molecular weight is 441 g/mol. The number of ether oxygens (including phenoxy) is 1. The number of sulfonamides is 1. The topological polar surface area (TPSA) is 108 Å². The summed E-state index contributed by atoms with van der Waals surface area (Å²) in [5, 5.41) is 2.85. The molecule has 0 spiro atoms. The third-order valence-electron chi connectivity index (χ3n) is 5.02. The molecule has 0 saturated carbocycles. The number of amides is 2. The lowest BCUT2D eigenvalue weighted by Gasteiger charge is -2.26. The maximum Gasteiger partial charge on any atom is 0.251 e. The maximum absolute atomic E-state index is 12.3.